The molecule has 2 fully saturated rings. The largest absolute Gasteiger partial charge is 0.394 e. The summed E-state index contributed by atoms with van der Waals surface area (Å²) >= 11 is 5.79. The van der Waals surface area contributed by atoms with Crippen LogP contribution >= 0.6 is 11.6 Å². The average Bonchev–Trinajstić information content (AvgIpc) is 2.96. The molecule has 3 rings (SSSR count). The Balaban J connectivity index is 1.67. The quantitative estimate of drug-likeness (QED) is 0.694. The molecular weight excluding hydrogens is 322 g/mol. The van der Waals surface area contributed by atoms with E-state index in [0.717, 1.165) is 0 Å². The zero-order chi connectivity index (χ0) is 16.6. The molecule has 2 saturated heterocycles. The Morgan fingerprint density at radius 3 is 2.70 bits per heavy atom. The first-order valence-electron chi connectivity index (χ1n) is 7.27. The minimum absolute atomic E-state index is 0.257. The van der Waals surface area contributed by atoms with Gasteiger partial charge in [0.25, 0.3) is 5.91 Å². The van der Waals surface area contributed by atoms with E-state index < -0.39 is 18.7 Å². The first kappa shape index (κ1) is 15.8. The van der Waals surface area contributed by atoms with Gasteiger partial charge in [-0.2, -0.15) is 0 Å². The molecule has 3 atom stereocenters. The summed E-state index contributed by atoms with van der Waals surface area (Å²) in [7, 11) is 0. The summed E-state index contributed by atoms with van der Waals surface area (Å²) in [5.41, 5.74) is 0.461. The van der Waals surface area contributed by atoms with Gasteiger partial charge in [0, 0.05) is 23.2 Å². The number of nitrogens with zero attached hydrogens (tertiary/aromatic N) is 1. The lowest BCUT2D eigenvalue weighted by molar-refractivity contribution is -0.148. The molecule has 23 heavy (non-hydrogen) atoms. The lowest BCUT2D eigenvalue weighted by atomic mass is 10.1. The van der Waals surface area contributed by atoms with E-state index in [1.165, 1.54) is 4.90 Å². The van der Waals surface area contributed by atoms with E-state index in [9.17, 15) is 14.4 Å². The maximum absolute atomic E-state index is 12.2. The highest BCUT2D eigenvalue weighted by atomic mass is 35.5. The number of hydrogen-bond acceptors (Lipinski definition) is 4. The Hall–Kier alpha value is -2.12. The number of fused-ring (bicyclic) bond motifs is 1. The first-order valence-corrected chi connectivity index (χ1v) is 7.65. The molecule has 3 N–H and O–H groups in total. The maximum atomic E-state index is 12.2. The Morgan fingerprint density at radius 1 is 1.35 bits per heavy atom. The topological polar surface area (TPSA) is 98.7 Å². The lowest BCUT2D eigenvalue weighted by Gasteiger charge is -2.33. The van der Waals surface area contributed by atoms with E-state index in [0.29, 0.717) is 17.0 Å². The lowest BCUT2D eigenvalue weighted by Crippen LogP contribution is -2.62. The molecule has 1 aromatic carbocycles. The third-order valence-corrected chi connectivity index (χ3v) is 4.38. The number of piperazine rings is 1. The van der Waals surface area contributed by atoms with Gasteiger partial charge in [-0.1, -0.05) is 11.6 Å². The van der Waals surface area contributed by atoms with Gasteiger partial charge in [-0.15, -0.1) is 0 Å². The molecule has 0 unspecified atom stereocenters. The second-order valence-electron chi connectivity index (χ2n) is 5.66. The monoisotopic (exact) mass is 337 g/mol. The summed E-state index contributed by atoms with van der Waals surface area (Å²) < 4.78 is 0. The van der Waals surface area contributed by atoms with Crippen molar-refractivity contribution >= 4 is 29.3 Å². The molecule has 0 aliphatic carbocycles. The molecule has 0 bridgehead atoms. The molecule has 0 aromatic heterocycles. The van der Waals surface area contributed by atoms with Crippen LogP contribution in [0, 0.1) is 0 Å². The first-order chi connectivity index (χ1) is 11.0. The Kier molecular flexibility index (Phi) is 4.23. The molecule has 2 aliphatic heterocycles. The number of amides is 3. The number of aliphatic hydroxyl groups excluding tert-OH is 1. The average molecular weight is 338 g/mol. The van der Waals surface area contributed by atoms with E-state index in [4.69, 9.17) is 16.7 Å². The van der Waals surface area contributed by atoms with Crippen molar-refractivity contribution in [1.29, 1.82) is 0 Å². The van der Waals surface area contributed by atoms with Crippen LogP contribution in [0.3, 0.4) is 0 Å². The summed E-state index contributed by atoms with van der Waals surface area (Å²) in [6, 6.07) is 4.66. The third kappa shape index (κ3) is 3.02. The molecule has 2 aliphatic rings. The number of aliphatic hydroxyl groups is 1. The number of halogens is 1. The second-order valence-corrected chi connectivity index (χ2v) is 6.10. The molecule has 2 heterocycles. The van der Waals surface area contributed by atoms with Crippen LogP contribution in [-0.2, 0) is 9.59 Å². The Morgan fingerprint density at radius 2 is 2.04 bits per heavy atom. The van der Waals surface area contributed by atoms with E-state index in [1.54, 1.807) is 24.3 Å². The molecule has 3 amide bonds. The standard InChI is InChI=1S/C15H16ClN3O4/c16-9-3-1-8(2-4-9)13(21)17-10-5-12-14(22)18-11(7-20)15(23)19(12)6-10/h1-4,10-12,20H,5-7H2,(H,17,21)(H,18,22)/t10-,11-,12-/m0/s1. The number of carbonyl (C=O) groups excluding carboxylic acids is 3. The van der Waals surface area contributed by atoms with Crippen LogP contribution in [0.1, 0.15) is 16.8 Å². The number of carbonyl (C=O) groups is 3. The highest BCUT2D eigenvalue weighted by Crippen LogP contribution is 2.23. The summed E-state index contributed by atoms with van der Waals surface area (Å²) in [5, 5.41) is 15.0. The molecule has 8 heteroatoms. The zero-order valence-corrected chi connectivity index (χ0v) is 12.9. The SMILES string of the molecule is O=C(N[C@H]1C[C@H]2C(=O)N[C@@H](CO)C(=O)N2C1)c1ccc(Cl)cc1. The molecular formula is C15H16ClN3O4. The van der Waals surface area contributed by atoms with Gasteiger partial charge < -0.3 is 20.6 Å². The molecule has 7 nitrogen and oxygen atoms in total. The minimum Gasteiger partial charge on any atom is -0.394 e. The molecule has 0 radical (unpaired) electrons. The summed E-state index contributed by atoms with van der Waals surface area (Å²) in [5.74, 6) is -0.898. The van der Waals surface area contributed by atoms with Crippen LogP contribution in [-0.4, -0.2) is 59.0 Å². The highest BCUT2D eigenvalue weighted by Gasteiger charge is 2.46. The predicted molar refractivity (Wildman–Crippen MR) is 81.8 cm³/mol. The van der Waals surface area contributed by atoms with Crippen molar-refractivity contribution in [3.05, 3.63) is 34.9 Å². The zero-order valence-electron chi connectivity index (χ0n) is 12.2. The molecule has 0 saturated carbocycles. The van der Waals surface area contributed by atoms with Gasteiger partial charge >= 0.3 is 0 Å². The Labute approximate surface area is 137 Å². The van der Waals surface area contributed by atoms with Crippen molar-refractivity contribution in [2.75, 3.05) is 13.2 Å². The van der Waals surface area contributed by atoms with Crippen molar-refractivity contribution in [2.24, 2.45) is 0 Å². The van der Waals surface area contributed by atoms with E-state index >= 15 is 0 Å². The number of rotatable bonds is 3. The minimum atomic E-state index is -0.899. The molecule has 1 aromatic rings. The van der Waals surface area contributed by atoms with Crippen molar-refractivity contribution in [3.63, 3.8) is 0 Å². The van der Waals surface area contributed by atoms with Gasteiger partial charge in [-0.25, -0.2) is 0 Å². The number of hydrogen-bond donors (Lipinski definition) is 3. The van der Waals surface area contributed by atoms with Gasteiger partial charge in [0.05, 0.1) is 6.61 Å². The summed E-state index contributed by atoms with van der Waals surface area (Å²) in [6.45, 7) is -0.178. The smallest absolute Gasteiger partial charge is 0.251 e. The summed E-state index contributed by atoms with van der Waals surface area (Å²) in [6.07, 6.45) is 0.356. The van der Waals surface area contributed by atoms with Crippen LogP contribution in [0.25, 0.3) is 0 Å². The predicted octanol–water partition coefficient (Wildman–Crippen LogP) is -0.470. The fraction of sp³-hybridized carbons (Fsp3) is 0.400. The summed E-state index contributed by atoms with van der Waals surface area (Å²) in [4.78, 5) is 37.8. The van der Waals surface area contributed by atoms with Gasteiger partial charge in [-0.3, -0.25) is 14.4 Å². The van der Waals surface area contributed by atoms with Gasteiger partial charge in [0.1, 0.15) is 12.1 Å². The second kappa shape index (κ2) is 6.17. The maximum Gasteiger partial charge on any atom is 0.251 e. The normalized spacial score (nSPS) is 26.7. The van der Waals surface area contributed by atoms with Crippen molar-refractivity contribution < 1.29 is 19.5 Å². The van der Waals surface area contributed by atoms with Crippen LogP contribution in [0.2, 0.25) is 5.02 Å². The van der Waals surface area contributed by atoms with E-state index in [1.807, 2.05) is 0 Å². The Bertz CT molecular complexity index is 649. The van der Waals surface area contributed by atoms with E-state index in [-0.39, 0.29) is 30.3 Å². The van der Waals surface area contributed by atoms with Crippen molar-refractivity contribution in [2.45, 2.75) is 24.5 Å². The fourth-order valence-corrected chi connectivity index (χ4v) is 3.08. The van der Waals surface area contributed by atoms with Gasteiger partial charge in [-0.05, 0) is 30.7 Å². The van der Waals surface area contributed by atoms with Crippen molar-refractivity contribution in [3.8, 4) is 0 Å². The van der Waals surface area contributed by atoms with Crippen molar-refractivity contribution in [1.82, 2.24) is 15.5 Å². The number of nitrogens with one attached hydrogen (secondary N) is 2. The van der Waals surface area contributed by atoms with Crippen LogP contribution < -0.4 is 10.6 Å². The highest BCUT2D eigenvalue weighted by molar-refractivity contribution is 6.30. The van der Waals surface area contributed by atoms with Crippen LogP contribution in [0.15, 0.2) is 24.3 Å². The molecule has 122 valence electrons. The third-order valence-electron chi connectivity index (χ3n) is 4.13. The van der Waals surface area contributed by atoms with E-state index in [2.05, 4.69) is 10.6 Å². The van der Waals surface area contributed by atoms with Gasteiger partial charge in [0.2, 0.25) is 11.8 Å². The number of benzene rings is 1. The molecule has 0 spiro atoms. The fourth-order valence-electron chi connectivity index (χ4n) is 2.96. The van der Waals surface area contributed by atoms with Gasteiger partial charge in [0.15, 0.2) is 0 Å². The van der Waals surface area contributed by atoms with Crippen LogP contribution in [0.5, 0.6) is 0 Å². The van der Waals surface area contributed by atoms with Crippen LogP contribution in [0.4, 0.5) is 0 Å².